The molecule has 0 bridgehead atoms. The fraction of sp³-hybridized carbons (Fsp3) is 0.231. The molecule has 2 N–H and O–H groups in total. The Hall–Kier alpha value is -2.01. The number of nitrogens with two attached hydrogens (primary N) is 1. The Balaban J connectivity index is 2.66. The minimum atomic E-state index is -0.557. The number of aromatic nitrogens is 2. The summed E-state index contributed by atoms with van der Waals surface area (Å²) in [5.41, 5.74) is 6.80. The first-order valence-electron chi connectivity index (χ1n) is 5.80. The van der Waals surface area contributed by atoms with Crippen molar-refractivity contribution >= 4 is 23.4 Å². The van der Waals surface area contributed by atoms with Gasteiger partial charge in [-0.2, -0.15) is 0 Å². The van der Waals surface area contributed by atoms with Crippen molar-refractivity contribution < 1.29 is 9.53 Å². The van der Waals surface area contributed by atoms with E-state index in [4.69, 9.17) is 17.3 Å². The van der Waals surface area contributed by atoms with Gasteiger partial charge in [0.1, 0.15) is 11.6 Å². The second-order valence-corrected chi connectivity index (χ2v) is 4.30. The summed E-state index contributed by atoms with van der Waals surface area (Å²) in [6.07, 6.45) is 0.617. The van der Waals surface area contributed by atoms with Crippen LogP contribution in [-0.4, -0.2) is 22.6 Å². The van der Waals surface area contributed by atoms with E-state index in [-0.39, 0.29) is 11.5 Å². The molecular weight excluding hydrogens is 266 g/mol. The number of nitrogens with zero attached hydrogens (tertiary/aromatic N) is 2. The van der Waals surface area contributed by atoms with Gasteiger partial charge in [0.05, 0.1) is 17.8 Å². The van der Waals surface area contributed by atoms with Gasteiger partial charge in [0.25, 0.3) is 0 Å². The van der Waals surface area contributed by atoms with Crippen molar-refractivity contribution in [2.75, 3.05) is 12.8 Å². The first-order valence-corrected chi connectivity index (χ1v) is 6.18. The third-order valence-corrected chi connectivity index (χ3v) is 3.09. The number of para-hydroxylation sites is 1. The van der Waals surface area contributed by atoms with Crippen LogP contribution in [-0.2, 0) is 11.2 Å². The smallest absolute Gasteiger partial charge is 0.360 e. The maximum atomic E-state index is 11.6. The predicted molar refractivity (Wildman–Crippen MR) is 73.7 cm³/mol. The predicted octanol–water partition coefficient (Wildman–Crippen LogP) is 2.46. The second-order valence-electron chi connectivity index (χ2n) is 3.89. The number of carbonyl (C=O) groups excluding carboxylic acids is 1. The molecular formula is C13H14ClN3O2. The van der Waals surface area contributed by atoms with E-state index in [2.05, 4.69) is 9.72 Å². The van der Waals surface area contributed by atoms with Crippen LogP contribution in [0.25, 0.3) is 5.69 Å². The molecule has 2 aromatic rings. The molecule has 0 fully saturated rings. The number of hydrogen-bond donors (Lipinski definition) is 1. The second kappa shape index (κ2) is 5.32. The molecule has 1 aromatic carbocycles. The number of rotatable bonds is 3. The number of nitrogen functional groups attached to an aromatic ring is 1. The van der Waals surface area contributed by atoms with E-state index in [0.29, 0.717) is 23.0 Å². The van der Waals surface area contributed by atoms with Crippen LogP contribution < -0.4 is 5.73 Å². The molecule has 1 aromatic heterocycles. The highest BCUT2D eigenvalue weighted by atomic mass is 35.5. The minimum absolute atomic E-state index is 0.110. The lowest BCUT2D eigenvalue weighted by Crippen LogP contribution is -2.08. The van der Waals surface area contributed by atoms with Crippen molar-refractivity contribution in [3.8, 4) is 5.69 Å². The van der Waals surface area contributed by atoms with Crippen LogP contribution in [0, 0.1) is 0 Å². The van der Waals surface area contributed by atoms with Gasteiger partial charge in [-0.1, -0.05) is 30.7 Å². The number of imidazole rings is 1. The van der Waals surface area contributed by atoms with Gasteiger partial charge in [0.15, 0.2) is 5.69 Å². The molecule has 0 aliphatic rings. The summed E-state index contributed by atoms with van der Waals surface area (Å²) in [5.74, 6) is 0.334. The lowest BCUT2D eigenvalue weighted by molar-refractivity contribution is 0.0596. The Labute approximate surface area is 116 Å². The summed E-state index contributed by atoms with van der Waals surface area (Å²) in [4.78, 5) is 15.8. The van der Waals surface area contributed by atoms with Gasteiger partial charge in [-0.15, -0.1) is 0 Å². The fourth-order valence-corrected chi connectivity index (χ4v) is 2.09. The summed E-state index contributed by atoms with van der Waals surface area (Å²) in [6, 6.07) is 7.25. The first kappa shape index (κ1) is 13.4. The average Bonchev–Trinajstić information content (AvgIpc) is 2.75. The normalized spacial score (nSPS) is 10.5. The highest BCUT2D eigenvalue weighted by Crippen LogP contribution is 2.27. The summed E-state index contributed by atoms with van der Waals surface area (Å²) >= 11 is 6.16. The average molecular weight is 280 g/mol. The van der Waals surface area contributed by atoms with Crippen molar-refractivity contribution in [3.05, 3.63) is 40.8 Å². The van der Waals surface area contributed by atoms with E-state index in [0.717, 1.165) is 0 Å². The molecule has 0 amide bonds. The van der Waals surface area contributed by atoms with Crippen LogP contribution in [0.3, 0.4) is 0 Å². The van der Waals surface area contributed by atoms with Crippen molar-refractivity contribution in [1.82, 2.24) is 9.55 Å². The van der Waals surface area contributed by atoms with Gasteiger partial charge < -0.3 is 10.5 Å². The standard InChI is InChI=1S/C13H14ClN3O2/c1-3-10-16-11(13(18)19-2)12(15)17(10)9-7-5-4-6-8(9)14/h4-7H,3,15H2,1-2H3. The molecule has 0 saturated heterocycles. The van der Waals surface area contributed by atoms with E-state index < -0.39 is 5.97 Å². The van der Waals surface area contributed by atoms with Crippen LogP contribution in [0.4, 0.5) is 5.82 Å². The van der Waals surface area contributed by atoms with Crippen molar-refractivity contribution in [3.63, 3.8) is 0 Å². The Bertz CT molecular complexity index is 622. The molecule has 0 saturated carbocycles. The van der Waals surface area contributed by atoms with Crippen molar-refractivity contribution in [2.24, 2.45) is 0 Å². The fourth-order valence-electron chi connectivity index (χ4n) is 1.87. The summed E-state index contributed by atoms with van der Waals surface area (Å²) < 4.78 is 6.34. The van der Waals surface area contributed by atoms with Crippen LogP contribution >= 0.6 is 11.6 Å². The Kier molecular flexibility index (Phi) is 3.76. The highest BCUT2D eigenvalue weighted by molar-refractivity contribution is 6.32. The molecule has 1 heterocycles. The highest BCUT2D eigenvalue weighted by Gasteiger charge is 2.22. The van der Waals surface area contributed by atoms with E-state index in [1.807, 2.05) is 25.1 Å². The maximum Gasteiger partial charge on any atom is 0.360 e. The first-order chi connectivity index (χ1) is 9.10. The molecule has 0 radical (unpaired) electrons. The van der Waals surface area contributed by atoms with Gasteiger partial charge in [-0.25, -0.2) is 9.78 Å². The molecule has 0 aliphatic carbocycles. The zero-order valence-electron chi connectivity index (χ0n) is 10.7. The quantitative estimate of drug-likeness (QED) is 0.876. The number of anilines is 1. The Morgan fingerprint density at radius 3 is 2.74 bits per heavy atom. The lowest BCUT2D eigenvalue weighted by Gasteiger charge is -2.10. The summed E-state index contributed by atoms with van der Waals surface area (Å²) in [5, 5.41) is 0.540. The topological polar surface area (TPSA) is 70.1 Å². The van der Waals surface area contributed by atoms with Gasteiger partial charge in [0, 0.05) is 6.42 Å². The number of halogens is 1. The molecule has 5 nitrogen and oxygen atoms in total. The number of carbonyl (C=O) groups is 1. The minimum Gasteiger partial charge on any atom is -0.464 e. The Morgan fingerprint density at radius 2 is 2.16 bits per heavy atom. The van der Waals surface area contributed by atoms with E-state index in [1.54, 1.807) is 10.6 Å². The van der Waals surface area contributed by atoms with E-state index in [1.165, 1.54) is 7.11 Å². The lowest BCUT2D eigenvalue weighted by atomic mass is 10.3. The van der Waals surface area contributed by atoms with Crippen LogP contribution in [0.15, 0.2) is 24.3 Å². The van der Waals surface area contributed by atoms with E-state index in [9.17, 15) is 4.79 Å². The van der Waals surface area contributed by atoms with Crippen molar-refractivity contribution in [1.29, 1.82) is 0 Å². The Morgan fingerprint density at radius 1 is 1.47 bits per heavy atom. The van der Waals surface area contributed by atoms with Crippen LogP contribution in [0.1, 0.15) is 23.2 Å². The third kappa shape index (κ3) is 2.29. The number of esters is 1. The number of benzene rings is 1. The number of methoxy groups -OCH3 is 1. The summed E-state index contributed by atoms with van der Waals surface area (Å²) in [6.45, 7) is 1.93. The van der Waals surface area contributed by atoms with Gasteiger partial charge >= 0.3 is 5.97 Å². The molecule has 6 heteroatoms. The molecule has 0 aliphatic heterocycles. The zero-order chi connectivity index (χ0) is 14.0. The molecule has 0 unspecified atom stereocenters. The van der Waals surface area contributed by atoms with Crippen LogP contribution in [0.5, 0.6) is 0 Å². The number of hydrogen-bond acceptors (Lipinski definition) is 4. The molecule has 0 spiro atoms. The number of aryl methyl sites for hydroxylation is 1. The zero-order valence-corrected chi connectivity index (χ0v) is 11.4. The largest absolute Gasteiger partial charge is 0.464 e. The monoisotopic (exact) mass is 279 g/mol. The third-order valence-electron chi connectivity index (χ3n) is 2.77. The van der Waals surface area contributed by atoms with Crippen LogP contribution in [0.2, 0.25) is 5.02 Å². The number of ether oxygens (including phenoxy) is 1. The van der Waals surface area contributed by atoms with Gasteiger partial charge in [0.2, 0.25) is 0 Å². The van der Waals surface area contributed by atoms with Gasteiger partial charge in [-0.3, -0.25) is 4.57 Å². The molecule has 19 heavy (non-hydrogen) atoms. The van der Waals surface area contributed by atoms with Crippen molar-refractivity contribution in [2.45, 2.75) is 13.3 Å². The maximum absolute atomic E-state index is 11.6. The molecule has 100 valence electrons. The summed E-state index contributed by atoms with van der Waals surface area (Å²) in [7, 11) is 1.29. The SMILES string of the molecule is CCc1nc(C(=O)OC)c(N)n1-c1ccccc1Cl. The van der Waals surface area contributed by atoms with Gasteiger partial charge in [-0.05, 0) is 12.1 Å². The molecule has 0 atom stereocenters. The van der Waals surface area contributed by atoms with E-state index >= 15 is 0 Å². The molecule has 2 rings (SSSR count).